The summed E-state index contributed by atoms with van der Waals surface area (Å²) < 4.78 is 5.62. The van der Waals surface area contributed by atoms with E-state index in [2.05, 4.69) is 26.8 Å². The molecule has 98 valence electrons. The fraction of sp³-hybridized carbons (Fsp3) is 0.875. The van der Waals surface area contributed by atoms with E-state index < -0.39 is 0 Å². The fourth-order valence-corrected chi connectivity index (χ4v) is 2.99. The van der Waals surface area contributed by atoms with Gasteiger partial charge in [0.15, 0.2) is 0 Å². The van der Waals surface area contributed by atoms with Gasteiger partial charge in [0, 0.05) is 0 Å². The highest BCUT2D eigenvalue weighted by Gasteiger charge is 2.46. The molecule has 1 unspecified atom stereocenters. The predicted octanol–water partition coefficient (Wildman–Crippen LogP) is 4.86. The highest BCUT2D eigenvalue weighted by atomic mass is 16.6. The summed E-state index contributed by atoms with van der Waals surface area (Å²) in [5, 5.41) is 0. The van der Waals surface area contributed by atoms with Gasteiger partial charge in [-0.05, 0) is 46.0 Å². The van der Waals surface area contributed by atoms with E-state index in [9.17, 15) is 0 Å². The first-order valence-electron chi connectivity index (χ1n) is 7.41. The van der Waals surface area contributed by atoms with Gasteiger partial charge in [0.25, 0.3) is 0 Å². The molecule has 2 fully saturated rings. The molecule has 1 heterocycles. The fourth-order valence-electron chi connectivity index (χ4n) is 2.99. The van der Waals surface area contributed by atoms with Crippen LogP contribution in [0.1, 0.15) is 72.1 Å². The average Bonchev–Trinajstić information content (AvgIpc) is 2.93. The highest BCUT2D eigenvalue weighted by molar-refractivity contribution is 5.03. The van der Waals surface area contributed by atoms with E-state index in [-0.39, 0.29) is 5.60 Å². The molecule has 0 amide bonds. The lowest BCUT2D eigenvalue weighted by atomic mass is 9.86. The summed E-state index contributed by atoms with van der Waals surface area (Å²) in [7, 11) is 0. The maximum atomic E-state index is 5.62. The van der Waals surface area contributed by atoms with Crippen molar-refractivity contribution in [2.75, 3.05) is 0 Å². The van der Waals surface area contributed by atoms with Gasteiger partial charge >= 0.3 is 0 Å². The zero-order chi connectivity index (χ0) is 12.3. The van der Waals surface area contributed by atoms with E-state index in [0.717, 1.165) is 5.92 Å². The molecule has 1 saturated carbocycles. The molecule has 1 nitrogen and oxygen atoms in total. The van der Waals surface area contributed by atoms with Crippen molar-refractivity contribution < 1.29 is 4.74 Å². The van der Waals surface area contributed by atoms with Crippen molar-refractivity contribution in [2.45, 2.75) is 83.8 Å². The summed E-state index contributed by atoms with van der Waals surface area (Å²) in [4.78, 5) is 0. The number of epoxide rings is 1. The van der Waals surface area contributed by atoms with E-state index in [1.807, 2.05) is 0 Å². The summed E-state index contributed by atoms with van der Waals surface area (Å²) >= 11 is 0. The molecule has 1 aliphatic carbocycles. The lowest BCUT2D eigenvalue weighted by Gasteiger charge is -2.20. The topological polar surface area (TPSA) is 12.5 Å². The Morgan fingerprint density at radius 2 is 1.88 bits per heavy atom. The van der Waals surface area contributed by atoms with E-state index in [0.29, 0.717) is 6.10 Å². The molecule has 0 radical (unpaired) electrons. The second-order valence-electron chi connectivity index (χ2n) is 6.54. The molecule has 0 aromatic rings. The number of allylic oxidation sites excluding steroid dienone is 2. The van der Waals surface area contributed by atoms with Gasteiger partial charge in [-0.2, -0.15) is 0 Å². The van der Waals surface area contributed by atoms with Crippen LogP contribution in [0.5, 0.6) is 0 Å². The quantitative estimate of drug-likeness (QED) is 0.490. The van der Waals surface area contributed by atoms with Crippen LogP contribution in [0.3, 0.4) is 0 Å². The molecular formula is C16H28O. The van der Waals surface area contributed by atoms with Gasteiger partial charge in [-0.3, -0.25) is 0 Å². The Labute approximate surface area is 107 Å². The second kappa shape index (κ2) is 5.56. The van der Waals surface area contributed by atoms with Crippen LogP contribution in [0, 0.1) is 5.92 Å². The third-order valence-electron chi connectivity index (χ3n) is 4.49. The monoisotopic (exact) mass is 236 g/mol. The molecule has 2 rings (SSSR count). The average molecular weight is 236 g/mol. The number of hydrogen-bond donors (Lipinski definition) is 0. The lowest BCUT2D eigenvalue weighted by Crippen LogP contribution is -2.05. The number of ether oxygens (including phenoxy) is 1. The van der Waals surface area contributed by atoms with Gasteiger partial charge in [-0.1, -0.05) is 43.8 Å². The molecule has 1 aliphatic heterocycles. The van der Waals surface area contributed by atoms with Crippen LogP contribution in [-0.4, -0.2) is 11.7 Å². The summed E-state index contributed by atoms with van der Waals surface area (Å²) in [5.41, 5.74) is 1.74. The Kier molecular flexibility index (Phi) is 4.30. The van der Waals surface area contributed by atoms with Gasteiger partial charge in [0.1, 0.15) is 0 Å². The van der Waals surface area contributed by atoms with Crippen molar-refractivity contribution in [3.63, 3.8) is 0 Å². The Bertz CT molecular complexity index is 271. The van der Waals surface area contributed by atoms with Crippen molar-refractivity contribution in [2.24, 2.45) is 5.92 Å². The van der Waals surface area contributed by atoms with Crippen LogP contribution >= 0.6 is 0 Å². The van der Waals surface area contributed by atoms with Gasteiger partial charge in [-0.25, -0.2) is 0 Å². The molecule has 0 spiro atoms. The molecule has 2 aliphatic rings. The van der Waals surface area contributed by atoms with Crippen LogP contribution in [0.25, 0.3) is 0 Å². The van der Waals surface area contributed by atoms with Crippen molar-refractivity contribution in [3.05, 3.63) is 11.6 Å². The molecule has 0 N–H and O–H groups in total. The molecule has 0 aromatic carbocycles. The van der Waals surface area contributed by atoms with Crippen molar-refractivity contribution in [3.8, 4) is 0 Å². The molecule has 0 aromatic heterocycles. The normalized spacial score (nSPS) is 29.4. The smallest absolute Gasteiger partial charge is 0.0892 e. The summed E-state index contributed by atoms with van der Waals surface area (Å²) in [5.74, 6) is 0.979. The molecule has 1 heteroatoms. The van der Waals surface area contributed by atoms with E-state index in [1.54, 1.807) is 5.57 Å². The first-order valence-corrected chi connectivity index (χ1v) is 7.41. The maximum Gasteiger partial charge on any atom is 0.0892 e. The Morgan fingerprint density at radius 3 is 2.47 bits per heavy atom. The first-order chi connectivity index (χ1) is 8.08. The van der Waals surface area contributed by atoms with Crippen LogP contribution in [0.15, 0.2) is 11.6 Å². The number of rotatable bonds is 5. The molecule has 17 heavy (non-hydrogen) atoms. The van der Waals surface area contributed by atoms with Crippen LogP contribution in [0.2, 0.25) is 0 Å². The van der Waals surface area contributed by atoms with E-state index >= 15 is 0 Å². The van der Waals surface area contributed by atoms with Gasteiger partial charge in [0.05, 0.1) is 11.7 Å². The lowest BCUT2D eigenvalue weighted by molar-refractivity contribution is 0.320. The summed E-state index contributed by atoms with van der Waals surface area (Å²) in [6.45, 7) is 6.68. The van der Waals surface area contributed by atoms with Crippen LogP contribution in [-0.2, 0) is 4.74 Å². The zero-order valence-electron chi connectivity index (χ0n) is 11.8. The van der Waals surface area contributed by atoms with E-state index in [4.69, 9.17) is 4.74 Å². The van der Waals surface area contributed by atoms with Crippen molar-refractivity contribution in [1.82, 2.24) is 0 Å². The Balaban J connectivity index is 1.63. The van der Waals surface area contributed by atoms with Gasteiger partial charge in [-0.15, -0.1) is 0 Å². The predicted molar refractivity (Wildman–Crippen MR) is 73.1 cm³/mol. The molecule has 1 saturated heterocycles. The maximum absolute atomic E-state index is 5.62. The summed E-state index contributed by atoms with van der Waals surface area (Å²) in [6.07, 6.45) is 14.1. The highest BCUT2D eigenvalue weighted by Crippen LogP contribution is 2.39. The van der Waals surface area contributed by atoms with Crippen molar-refractivity contribution >= 4 is 0 Å². The van der Waals surface area contributed by atoms with Gasteiger partial charge in [0.2, 0.25) is 0 Å². The van der Waals surface area contributed by atoms with Gasteiger partial charge < -0.3 is 4.74 Å². The third kappa shape index (κ3) is 4.13. The largest absolute Gasteiger partial charge is 0.367 e. The number of hydrogen-bond acceptors (Lipinski definition) is 1. The standard InChI is InChI=1S/C16H28O/c1-13(10-12-15-16(2,3)17-15)9-11-14-7-5-4-6-8-14/h9,14-15H,4-8,10-12H2,1-3H3/b13-9+. The zero-order valence-corrected chi connectivity index (χ0v) is 11.8. The minimum atomic E-state index is 0.170. The third-order valence-corrected chi connectivity index (χ3v) is 4.49. The minimum Gasteiger partial charge on any atom is -0.367 e. The molecular weight excluding hydrogens is 208 g/mol. The Morgan fingerprint density at radius 1 is 1.24 bits per heavy atom. The summed E-state index contributed by atoms with van der Waals surface area (Å²) in [6, 6.07) is 0. The van der Waals surface area contributed by atoms with E-state index in [1.165, 1.54) is 51.4 Å². The molecule has 1 atom stereocenters. The van der Waals surface area contributed by atoms with Crippen LogP contribution in [0.4, 0.5) is 0 Å². The second-order valence-corrected chi connectivity index (χ2v) is 6.54. The van der Waals surface area contributed by atoms with Crippen LogP contribution < -0.4 is 0 Å². The first kappa shape index (κ1) is 13.1. The SMILES string of the molecule is C/C(=C\CC1CCCCC1)CCC1OC1(C)C. The van der Waals surface area contributed by atoms with Crippen molar-refractivity contribution in [1.29, 1.82) is 0 Å². The molecule has 0 bridgehead atoms. The Hall–Kier alpha value is -0.300. The minimum absolute atomic E-state index is 0.170.